The van der Waals surface area contributed by atoms with Crippen LogP contribution in [0, 0.1) is 0 Å². The van der Waals surface area contributed by atoms with Crippen molar-refractivity contribution in [1.29, 1.82) is 0 Å². The van der Waals surface area contributed by atoms with Crippen molar-refractivity contribution in [1.82, 2.24) is 25.1 Å². The van der Waals surface area contributed by atoms with Gasteiger partial charge in [-0.1, -0.05) is 0 Å². The number of rotatable bonds is 4. The Balaban J connectivity index is 2.00. The summed E-state index contributed by atoms with van der Waals surface area (Å²) in [5, 5.41) is 19.8. The summed E-state index contributed by atoms with van der Waals surface area (Å²) in [6.07, 6.45) is 0.329. The molecule has 2 atom stereocenters. The summed E-state index contributed by atoms with van der Waals surface area (Å²) in [6.45, 7) is 5.95. The van der Waals surface area contributed by atoms with E-state index < -0.39 is 5.97 Å². The molecule has 2 rings (SSSR count). The van der Waals surface area contributed by atoms with Crippen LogP contribution in [0.4, 0.5) is 0 Å². The molecule has 0 amide bonds. The lowest BCUT2D eigenvalue weighted by molar-refractivity contribution is -0.138. The summed E-state index contributed by atoms with van der Waals surface area (Å²) in [5.41, 5.74) is 0. The van der Waals surface area contributed by atoms with Crippen molar-refractivity contribution >= 4 is 5.97 Å². The van der Waals surface area contributed by atoms with Crippen molar-refractivity contribution in [3.63, 3.8) is 0 Å². The Morgan fingerprint density at radius 1 is 1.44 bits per heavy atom. The minimum Gasteiger partial charge on any atom is -0.480 e. The van der Waals surface area contributed by atoms with Crippen LogP contribution in [0.1, 0.15) is 19.7 Å². The summed E-state index contributed by atoms with van der Waals surface area (Å²) in [7, 11) is 0. The summed E-state index contributed by atoms with van der Waals surface area (Å²) in [4.78, 5) is 12.8. The first-order chi connectivity index (χ1) is 8.54. The number of nitrogens with zero attached hydrogens (tertiary/aromatic N) is 5. The Labute approximate surface area is 105 Å². The molecule has 0 saturated carbocycles. The van der Waals surface area contributed by atoms with Crippen LogP contribution in [-0.2, 0) is 22.6 Å². The van der Waals surface area contributed by atoms with Crippen molar-refractivity contribution < 1.29 is 14.6 Å². The van der Waals surface area contributed by atoms with E-state index >= 15 is 0 Å². The van der Waals surface area contributed by atoms with Crippen molar-refractivity contribution in [2.24, 2.45) is 0 Å². The molecule has 0 bridgehead atoms. The summed E-state index contributed by atoms with van der Waals surface area (Å²) < 4.78 is 6.95. The third-order valence-corrected chi connectivity index (χ3v) is 2.75. The second-order valence-corrected chi connectivity index (χ2v) is 4.60. The monoisotopic (exact) mass is 255 g/mol. The average molecular weight is 255 g/mol. The number of carbonyl (C=O) groups is 1. The molecule has 2 unspecified atom stereocenters. The van der Waals surface area contributed by atoms with Gasteiger partial charge in [-0.05, 0) is 24.3 Å². The molecule has 100 valence electrons. The molecular weight excluding hydrogens is 238 g/mol. The number of aliphatic carboxylic acids is 1. The Bertz CT molecular complexity index is 411. The first-order valence-electron chi connectivity index (χ1n) is 5.89. The zero-order valence-corrected chi connectivity index (χ0v) is 10.5. The first kappa shape index (κ1) is 12.9. The van der Waals surface area contributed by atoms with Gasteiger partial charge >= 0.3 is 5.97 Å². The lowest BCUT2D eigenvalue weighted by Gasteiger charge is -2.34. The molecule has 1 fully saturated rings. The van der Waals surface area contributed by atoms with E-state index in [0.717, 1.165) is 13.1 Å². The summed E-state index contributed by atoms with van der Waals surface area (Å²) in [6, 6.07) is 0. The van der Waals surface area contributed by atoms with Crippen molar-refractivity contribution in [2.45, 2.75) is 39.1 Å². The van der Waals surface area contributed by atoms with Gasteiger partial charge in [-0.15, -0.1) is 5.10 Å². The lowest BCUT2D eigenvalue weighted by atomic mass is 10.2. The van der Waals surface area contributed by atoms with Crippen LogP contribution in [0.2, 0.25) is 0 Å². The first-order valence-corrected chi connectivity index (χ1v) is 5.89. The lowest BCUT2D eigenvalue weighted by Crippen LogP contribution is -2.45. The van der Waals surface area contributed by atoms with E-state index in [1.165, 1.54) is 4.68 Å². The fraction of sp³-hybridized carbons (Fsp3) is 0.800. The SMILES string of the molecule is CC1CN(Cc2nnnn2CC(=O)O)CC(C)O1. The topological polar surface area (TPSA) is 93.4 Å². The van der Waals surface area contributed by atoms with E-state index in [0.29, 0.717) is 12.4 Å². The quantitative estimate of drug-likeness (QED) is 0.765. The van der Waals surface area contributed by atoms with Gasteiger partial charge in [-0.3, -0.25) is 9.69 Å². The molecule has 1 N–H and O–H groups in total. The number of hydrogen-bond acceptors (Lipinski definition) is 6. The van der Waals surface area contributed by atoms with E-state index in [4.69, 9.17) is 9.84 Å². The van der Waals surface area contributed by atoms with Crippen LogP contribution in [0.5, 0.6) is 0 Å². The zero-order valence-electron chi connectivity index (χ0n) is 10.5. The van der Waals surface area contributed by atoms with Gasteiger partial charge in [0.2, 0.25) is 0 Å². The minimum absolute atomic E-state index is 0.164. The molecule has 0 radical (unpaired) electrons. The molecule has 18 heavy (non-hydrogen) atoms. The maximum atomic E-state index is 10.7. The highest BCUT2D eigenvalue weighted by Crippen LogP contribution is 2.12. The molecule has 1 aliphatic rings. The van der Waals surface area contributed by atoms with Crippen LogP contribution in [-0.4, -0.2) is 61.5 Å². The average Bonchev–Trinajstić information content (AvgIpc) is 2.63. The second-order valence-electron chi connectivity index (χ2n) is 4.60. The minimum atomic E-state index is -0.952. The predicted octanol–water partition coefficient (Wildman–Crippen LogP) is -0.633. The molecule has 8 nitrogen and oxygen atoms in total. The standard InChI is InChI=1S/C10H17N5O3/c1-7-3-14(4-8(2)18-7)5-9-11-12-13-15(9)6-10(16)17/h7-8H,3-6H2,1-2H3,(H,16,17). The Hall–Kier alpha value is -1.54. The Kier molecular flexibility index (Phi) is 3.87. The van der Waals surface area contributed by atoms with Gasteiger partial charge in [0.25, 0.3) is 0 Å². The van der Waals surface area contributed by atoms with Crippen molar-refractivity contribution in [3.8, 4) is 0 Å². The van der Waals surface area contributed by atoms with Crippen LogP contribution in [0.15, 0.2) is 0 Å². The highest BCUT2D eigenvalue weighted by molar-refractivity contribution is 5.66. The maximum absolute atomic E-state index is 10.7. The number of hydrogen-bond donors (Lipinski definition) is 1. The van der Waals surface area contributed by atoms with Crippen molar-refractivity contribution in [2.75, 3.05) is 13.1 Å². The molecule has 0 spiro atoms. The smallest absolute Gasteiger partial charge is 0.325 e. The number of aromatic nitrogens is 4. The van der Waals surface area contributed by atoms with Gasteiger partial charge in [0.15, 0.2) is 5.82 Å². The Morgan fingerprint density at radius 2 is 2.11 bits per heavy atom. The highest BCUT2D eigenvalue weighted by atomic mass is 16.5. The molecule has 1 aliphatic heterocycles. The molecule has 8 heteroatoms. The molecule has 1 aromatic heterocycles. The number of morpholine rings is 1. The van der Waals surface area contributed by atoms with E-state index in [9.17, 15) is 4.79 Å². The van der Waals surface area contributed by atoms with Gasteiger partial charge < -0.3 is 9.84 Å². The van der Waals surface area contributed by atoms with Crippen molar-refractivity contribution in [3.05, 3.63) is 5.82 Å². The van der Waals surface area contributed by atoms with Crippen LogP contribution in [0.25, 0.3) is 0 Å². The summed E-state index contributed by atoms with van der Waals surface area (Å²) in [5.74, 6) is -0.383. The van der Waals surface area contributed by atoms with E-state index in [-0.39, 0.29) is 18.8 Å². The molecule has 0 aliphatic carbocycles. The number of carboxylic acids is 1. The number of carboxylic acid groups (broad SMARTS) is 1. The molecule has 1 aromatic rings. The second kappa shape index (κ2) is 5.40. The van der Waals surface area contributed by atoms with Gasteiger partial charge in [-0.2, -0.15) is 0 Å². The van der Waals surface area contributed by atoms with Gasteiger partial charge in [-0.25, -0.2) is 4.68 Å². The Morgan fingerprint density at radius 3 is 2.72 bits per heavy atom. The largest absolute Gasteiger partial charge is 0.480 e. The number of tetrazole rings is 1. The van der Waals surface area contributed by atoms with E-state index in [1.54, 1.807) is 0 Å². The fourth-order valence-electron chi connectivity index (χ4n) is 2.20. The van der Waals surface area contributed by atoms with Gasteiger partial charge in [0.05, 0.1) is 18.8 Å². The predicted molar refractivity (Wildman–Crippen MR) is 60.7 cm³/mol. The van der Waals surface area contributed by atoms with Crippen LogP contribution >= 0.6 is 0 Å². The molecule has 1 saturated heterocycles. The highest BCUT2D eigenvalue weighted by Gasteiger charge is 2.24. The summed E-state index contributed by atoms with van der Waals surface area (Å²) >= 11 is 0. The zero-order chi connectivity index (χ0) is 13.1. The fourth-order valence-corrected chi connectivity index (χ4v) is 2.20. The molecule has 2 heterocycles. The molecular formula is C10H17N5O3. The maximum Gasteiger partial charge on any atom is 0.325 e. The number of ether oxygens (including phenoxy) is 1. The van der Waals surface area contributed by atoms with Crippen LogP contribution < -0.4 is 0 Å². The van der Waals surface area contributed by atoms with E-state index in [1.807, 2.05) is 13.8 Å². The van der Waals surface area contributed by atoms with Gasteiger partial charge in [0, 0.05) is 13.1 Å². The van der Waals surface area contributed by atoms with Gasteiger partial charge in [0.1, 0.15) is 6.54 Å². The van der Waals surface area contributed by atoms with E-state index in [2.05, 4.69) is 20.4 Å². The third-order valence-electron chi connectivity index (χ3n) is 2.75. The molecule has 0 aromatic carbocycles. The normalized spacial score (nSPS) is 25.2. The third kappa shape index (κ3) is 3.23. The van der Waals surface area contributed by atoms with Crippen LogP contribution in [0.3, 0.4) is 0 Å².